The van der Waals surface area contributed by atoms with E-state index in [2.05, 4.69) is 20.5 Å². The summed E-state index contributed by atoms with van der Waals surface area (Å²) in [6.45, 7) is 2.91. The molecule has 1 aliphatic carbocycles. The summed E-state index contributed by atoms with van der Waals surface area (Å²) in [6, 6.07) is 0. The Kier molecular flexibility index (Phi) is 2.23. The summed E-state index contributed by atoms with van der Waals surface area (Å²) >= 11 is 0. The highest BCUT2D eigenvalue weighted by atomic mass is 15.3. The van der Waals surface area contributed by atoms with Gasteiger partial charge >= 0.3 is 0 Å². The molecular formula is C11H15N5. The van der Waals surface area contributed by atoms with Crippen molar-refractivity contribution in [3.8, 4) is 0 Å². The normalized spacial score (nSPS) is 15.6. The molecule has 1 N–H and O–H groups in total. The van der Waals surface area contributed by atoms with E-state index in [4.69, 9.17) is 0 Å². The average molecular weight is 217 g/mol. The third-order valence-electron chi connectivity index (χ3n) is 3.04. The van der Waals surface area contributed by atoms with Crippen molar-refractivity contribution >= 4 is 11.5 Å². The molecule has 2 aromatic heterocycles. The number of fused-ring (bicyclic) bond motifs is 1. The number of aromatic nitrogens is 4. The van der Waals surface area contributed by atoms with Gasteiger partial charge < -0.3 is 5.32 Å². The molecule has 1 aliphatic rings. The number of aryl methyl sites for hydroxylation is 1. The molecule has 0 spiro atoms. The zero-order valence-corrected chi connectivity index (χ0v) is 9.35. The number of rotatable bonds is 4. The Balaban J connectivity index is 1.79. The predicted molar refractivity (Wildman–Crippen MR) is 61.3 cm³/mol. The second-order valence-electron chi connectivity index (χ2n) is 4.38. The zero-order valence-electron chi connectivity index (χ0n) is 9.35. The molecule has 0 aliphatic heterocycles. The molecule has 5 nitrogen and oxygen atoms in total. The van der Waals surface area contributed by atoms with Crippen LogP contribution in [0.2, 0.25) is 0 Å². The highest BCUT2D eigenvalue weighted by Crippen LogP contribution is 2.32. The molecule has 3 rings (SSSR count). The van der Waals surface area contributed by atoms with Crippen LogP contribution < -0.4 is 5.32 Å². The van der Waals surface area contributed by atoms with Gasteiger partial charge in [0.25, 0.3) is 0 Å². The van der Waals surface area contributed by atoms with Crippen molar-refractivity contribution in [2.45, 2.75) is 26.2 Å². The van der Waals surface area contributed by atoms with Gasteiger partial charge in [0.15, 0.2) is 5.82 Å². The Morgan fingerprint density at radius 1 is 1.44 bits per heavy atom. The first-order chi connectivity index (χ1) is 7.84. The highest BCUT2D eigenvalue weighted by molar-refractivity contribution is 5.61. The zero-order chi connectivity index (χ0) is 11.0. The highest BCUT2D eigenvalue weighted by Gasteiger charge is 2.20. The Hall–Kier alpha value is -1.65. The molecule has 2 aromatic rings. The molecule has 0 aromatic carbocycles. The third kappa shape index (κ3) is 1.73. The SMILES string of the molecule is Cc1nnc2c(NCCC3CC3)nccn12. The second kappa shape index (κ2) is 3.73. The molecule has 0 atom stereocenters. The second-order valence-corrected chi connectivity index (χ2v) is 4.38. The Morgan fingerprint density at radius 2 is 2.31 bits per heavy atom. The fourth-order valence-corrected chi connectivity index (χ4v) is 1.87. The van der Waals surface area contributed by atoms with E-state index in [1.165, 1.54) is 19.3 Å². The topological polar surface area (TPSA) is 55.1 Å². The monoisotopic (exact) mass is 217 g/mol. The Labute approximate surface area is 93.9 Å². The third-order valence-corrected chi connectivity index (χ3v) is 3.04. The van der Waals surface area contributed by atoms with Gasteiger partial charge in [0, 0.05) is 18.9 Å². The van der Waals surface area contributed by atoms with Crippen molar-refractivity contribution < 1.29 is 0 Å². The van der Waals surface area contributed by atoms with Crippen molar-refractivity contribution in [2.75, 3.05) is 11.9 Å². The van der Waals surface area contributed by atoms with Crippen molar-refractivity contribution in [2.24, 2.45) is 5.92 Å². The van der Waals surface area contributed by atoms with Crippen molar-refractivity contribution in [3.63, 3.8) is 0 Å². The summed E-state index contributed by atoms with van der Waals surface area (Å²) in [5, 5.41) is 11.5. The van der Waals surface area contributed by atoms with Crippen LogP contribution in [0.4, 0.5) is 5.82 Å². The summed E-state index contributed by atoms with van der Waals surface area (Å²) in [5.74, 6) is 2.67. The first-order valence-electron chi connectivity index (χ1n) is 5.75. The van der Waals surface area contributed by atoms with Crippen LogP contribution in [0.5, 0.6) is 0 Å². The van der Waals surface area contributed by atoms with Gasteiger partial charge in [0.1, 0.15) is 5.82 Å². The Bertz CT molecular complexity index is 500. The van der Waals surface area contributed by atoms with Crippen LogP contribution >= 0.6 is 0 Å². The van der Waals surface area contributed by atoms with Crippen molar-refractivity contribution in [1.82, 2.24) is 19.6 Å². The summed E-state index contributed by atoms with van der Waals surface area (Å²) < 4.78 is 1.95. The summed E-state index contributed by atoms with van der Waals surface area (Å²) in [6.07, 6.45) is 7.68. The minimum Gasteiger partial charge on any atom is -0.367 e. The van der Waals surface area contributed by atoms with E-state index in [9.17, 15) is 0 Å². The molecule has 1 saturated carbocycles. The number of hydrogen-bond acceptors (Lipinski definition) is 4. The van der Waals surface area contributed by atoms with E-state index in [-0.39, 0.29) is 0 Å². The van der Waals surface area contributed by atoms with Gasteiger partial charge in [0.05, 0.1) is 0 Å². The van der Waals surface area contributed by atoms with E-state index in [1.807, 2.05) is 17.5 Å². The molecule has 0 amide bonds. The molecule has 0 saturated heterocycles. The molecule has 84 valence electrons. The predicted octanol–water partition coefficient (Wildman–Crippen LogP) is 1.64. The minimum absolute atomic E-state index is 0.816. The molecule has 16 heavy (non-hydrogen) atoms. The van der Waals surface area contributed by atoms with Gasteiger partial charge in [-0.15, -0.1) is 10.2 Å². The molecular weight excluding hydrogens is 202 g/mol. The smallest absolute Gasteiger partial charge is 0.203 e. The lowest BCUT2D eigenvalue weighted by atomic mass is 10.3. The van der Waals surface area contributed by atoms with Crippen LogP contribution in [0.1, 0.15) is 25.1 Å². The van der Waals surface area contributed by atoms with Gasteiger partial charge in [-0.1, -0.05) is 12.8 Å². The fraction of sp³-hybridized carbons (Fsp3) is 0.545. The van der Waals surface area contributed by atoms with Gasteiger partial charge in [-0.25, -0.2) is 4.98 Å². The molecule has 0 bridgehead atoms. The number of nitrogens with one attached hydrogen (secondary N) is 1. The molecule has 1 fully saturated rings. The molecule has 5 heteroatoms. The number of anilines is 1. The first-order valence-corrected chi connectivity index (χ1v) is 5.75. The van der Waals surface area contributed by atoms with Crippen LogP contribution in [-0.4, -0.2) is 26.1 Å². The number of hydrogen-bond donors (Lipinski definition) is 1. The summed E-state index contributed by atoms with van der Waals surface area (Å²) in [5.41, 5.74) is 0.816. The van der Waals surface area contributed by atoms with Crippen LogP contribution in [-0.2, 0) is 0 Å². The van der Waals surface area contributed by atoms with Crippen molar-refractivity contribution in [3.05, 3.63) is 18.2 Å². The standard InChI is InChI=1S/C11H15N5/c1-8-14-15-11-10(13-6-7-16(8)11)12-5-4-9-2-3-9/h6-7,9H,2-5H2,1H3,(H,12,13). The molecule has 2 heterocycles. The minimum atomic E-state index is 0.816. The van der Waals surface area contributed by atoms with Crippen molar-refractivity contribution in [1.29, 1.82) is 0 Å². The van der Waals surface area contributed by atoms with Gasteiger partial charge in [-0.2, -0.15) is 0 Å². The summed E-state index contributed by atoms with van der Waals surface area (Å²) in [4.78, 5) is 4.30. The maximum absolute atomic E-state index is 4.30. The van der Waals surface area contributed by atoms with Gasteiger partial charge in [-0.05, 0) is 19.3 Å². The fourth-order valence-electron chi connectivity index (χ4n) is 1.87. The molecule has 0 radical (unpaired) electrons. The van der Waals surface area contributed by atoms with E-state index >= 15 is 0 Å². The van der Waals surface area contributed by atoms with Gasteiger partial charge in [-0.3, -0.25) is 4.40 Å². The van der Waals surface area contributed by atoms with Crippen LogP contribution in [0.15, 0.2) is 12.4 Å². The lowest BCUT2D eigenvalue weighted by Gasteiger charge is -2.05. The largest absolute Gasteiger partial charge is 0.367 e. The van der Waals surface area contributed by atoms with E-state index < -0.39 is 0 Å². The summed E-state index contributed by atoms with van der Waals surface area (Å²) in [7, 11) is 0. The van der Waals surface area contributed by atoms with Crippen LogP contribution in [0, 0.1) is 12.8 Å². The quantitative estimate of drug-likeness (QED) is 0.846. The van der Waals surface area contributed by atoms with E-state index in [0.29, 0.717) is 0 Å². The van der Waals surface area contributed by atoms with E-state index in [1.54, 1.807) is 6.20 Å². The maximum atomic E-state index is 4.30. The van der Waals surface area contributed by atoms with E-state index in [0.717, 1.165) is 29.8 Å². The van der Waals surface area contributed by atoms with Gasteiger partial charge in [0.2, 0.25) is 5.65 Å². The number of nitrogens with zero attached hydrogens (tertiary/aromatic N) is 4. The lowest BCUT2D eigenvalue weighted by Crippen LogP contribution is -2.06. The first kappa shape index (κ1) is 9.57. The lowest BCUT2D eigenvalue weighted by molar-refractivity contribution is 0.758. The Morgan fingerprint density at radius 3 is 3.12 bits per heavy atom. The maximum Gasteiger partial charge on any atom is 0.203 e. The van der Waals surface area contributed by atoms with Crippen LogP contribution in [0.3, 0.4) is 0 Å². The van der Waals surface area contributed by atoms with Crippen LogP contribution in [0.25, 0.3) is 5.65 Å². The molecule has 0 unspecified atom stereocenters. The average Bonchev–Trinajstić information content (AvgIpc) is 3.04.